The minimum absolute atomic E-state index is 0.0530. The monoisotopic (exact) mass is 481 g/mol. The summed E-state index contributed by atoms with van der Waals surface area (Å²) in [6, 6.07) is 14.7. The lowest BCUT2D eigenvalue weighted by Gasteiger charge is -2.34. The number of methoxy groups -OCH3 is 1. The molecule has 1 aliphatic rings. The maximum absolute atomic E-state index is 13.1. The predicted octanol–water partition coefficient (Wildman–Crippen LogP) is 3.89. The number of hydrogen-bond acceptors (Lipinski definition) is 6. The zero-order valence-corrected chi connectivity index (χ0v) is 20.6. The minimum atomic E-state index is -3.64. The van der Waals surface area contributed by atoms with Crippen molar-refractivity contribution in [2.24, 2.45) is 0 Å². The fourth-order valence-electron chi connectivity index (χ4n) is 4.40. The van der Waals surface area contributed by atoms with Crippen molar-refractivity contribution < 1.29 is 17.9 Å². The van der Waals surface area contributed by atoms with Gasteiger partial charge >= 0.3 is 0 Å². The Morgan fingerprint density at radius 1 is 1.12 bits per heavy atom. The maximum Gasteiger partial charge on any atom is 0.221 e. The van der Waals surface area contributed by atoms with Gasteiger partial charge in [-0.15, -0.1) is 0 Å². The summed E-state index contributed by atoms with van der Waals surface area (Å²) in [5.74, 6) is 0.495. The SMILES string of the molecule is COc1ccc2cc(S(=O)(=O)C(C)CC(=O)NC3CCN(c4ccnc(C)c4)CC3)ccc2c1. The molecule has 0 spiro atoms. The van der Waals surface area contributed by atoms with E-state index in [0.717, 1.165) is 53.8 Å². The highest BCUT2D eigenvalue weighted by Crippen LogP contribution is 2.26. The van der Waals surface area contributed by atoms with E-state index in [4.69, 9.17) is 4.74 Å². The second-order valence-electron chi connectivity index (χ2n) is 8.92. The summed E-state index contributed by atoms with van der Waals surface area (Å²) in [5.41, 5.74) is 2.13. The van der Waals surface area contributed by atoms with Crippen molar-refractivity contribution in [2.45, 2.75) is 49.3 Å². The van der Waals surface area contributed by atoms with Crippen LogP contribution in [-0.4, -0.2) is 50.8 Å². The highest BCUT2D eigenvalue weighted by Gasteiger charge is 2.28. The second kappa shape index (κ2) is 10.0. The van der Waals surface area contributed by atoms with Crippen LogP contribution in [0.15, 0.2) is 59.6 Å². The first-order chi connectivity index (χ1) is 16.3. The summed E-state index contributed by atoms with van der Waals surface area (Å²) in [4.78, 5) is 19.4. The zero-order valence-electron chi connectivity index (χ0n) is 19.8. The van der Waals surface area contributed by atoms with Gasteiger partial charge in [-0.25, -0.2) is 8.42 Å². The molecular weight excluding hydrogens is 450 g/mol. The Labute approximate surface area is 201 Å². The summed E-state index contributed by atoms with van der Waals surface area (Å²) in [5, 5.41) is 3.94. The third-order valence-corrected chi connectivity index (χ3v) is 8.59. The molecule has 34 heavy (non-hydrogen) atoms. The number of hydrogen-bond donors (Lipinski definition) is 1. The van der Waals surface area contributed by atoms with Gasteiger partial charge in [0.05, 0.1) is 17.3 Å². The van der Waals surface area contributed by atoms with Gasteiger partial charge in [0.2, 0.25) is 5.91 Å². The van der Waals surface area contributed by atoms with Crippen LogP contribution in [0.5, 0.6) is 5.75 Å². The number of nitrogens with zero attached hydrogens (tertiary/aromatic N) is 2. The van der Waals surface area contributed by atoms with E-state index in [-0.39, 0.29) is 23.3 Å². The van der Waals surface area contributed by atoms with Crippen molar-refractivity contribution in [1.29, 1.82) is 0 Å². The van der Waals surface area contributed by atoms with Gasteiger partial charge in [-0.2, -0.15) is 0 Å². The topological polar surface area (TPSA) is 88.6 Å². The molecule has 0 aliphatic carbocycles. The van der Waals surface area contributed by atoms with Crippen molar-refractivity contribution in [3.05, 3.63) is 60.4 Å². The summed E-state index contributed by atoms with van der Waals surface area (Å²) in [6.07, 6.45) is 3.39. The molecule has 1 N–H and O–H groups in total. The Morgan fingerprint density at radius 3 is 2.53 bits per heavy atom. The molecule has 1 aromatic heterocycles. The van der Waals surface area contributed by atoms with Gasteiger partial charge in [-0.1, -0.05) is 12.1 Å². The van der Waals surface area contributed by atoms with Gasteiger partial charge in [0.15, 0.2) is 9.84 Å². The van der Waals surface area contributed by atoms with Gasteiger partial charge in [-0.05, 0) is 73.9 Å². The van der Waals surface area contributed by atoms with Crippen molar-refractivity contribution in [2.75, 3.05) is 25.1 Å². The number of benzene rings is 2. The van der Waals surface area contributed by atoms with E-state index < -0.39 is 15.1 Å². The number of ether oxygens (including phenoxy) is 1. The van der Waals surface area contributed by atoms with E-state index in [1.165, 1.54) is 0 Å². The molecule has 2 heterocycles. The van der Waals surface area contributed by atoms with Crippen molar-refractivity contribution in [1.82, 2.24) is 10.3 Å². The van der Waals surface area contributed by atoms with Crippen LogP contribution in [-0.2, 0) is 14.6 Å². The number of carbonyl (C=O) groups excluding carboxylic acids is 1. The number of sulfone groups is 1. The van der Waals surface area contributed by atoms with E-state index in [1.807, 2.05) is 31.3 Å². The fourth-order valence-corrected chi connectivity index (χ4v) is 5.79. The van der Waals surface area contributed by atoms with E-state index in [1.54, 1.807) is 38.3 Å². The molecule has 1 saturated heterocycles. The molecule has 8 heteroatoms. The van der Waals surface area contributed by atoms with Crippen LogP contribution in [0, 0.1) is 6.92 Å². The van der Waals surface area contributed by atoms with E-state index in [2.05, 4.69) is 21.3 Å². The molecule has 1 fully saturated rings. The molecule has 0 bridgehead atoms. The molecule has 2 aromatic carbocycles. The highest BCUT2D eigenvalue weighted by atomic mass is 32.2. The third kappa shape index (κ3) is 5.33. The minimum Gasteiger partial charge on any atom is -0.497 e. The Kier molecular flexibility index (Phi) is 7.07. The number of piperidine rings is 1. The normalized spacial score (nSPS) is 15.8. The number of fused-ring (bicyclic) bond motifs is 1. The van der Waals surface area contributed by atoms with Crippen LogP contribution < -0.4 is 15.0 Å². The van der Waals surface area contributed by atoms with Crippen molar-refractivity contribution >= 4 is 32.2 Å². The summed E-state index contributed by atoms with van der Waals surface area (Å²) in [6.45, 7) is 5.25. The lowest BCUT2D eigenvalue weighted by atomic mass is 10.0. The van der Waals surface area contributed by atoms with Crippen molar-refractivity contribution in [3.8, 4) is 5.75 Å². The summed E-state index contributed by atoms with van der Waals surface area (Å²) < 4.78 is 31.5. The molecule has 1 amide bonds. The number of aromatic nitrogens is 1. The first-order valence-electron chi connectivity index (χ1n) is 11.5. The summed E-state index contributed by atoms with van der Waals surface area (Å²) in [7, 11) is -2.04. The van der Waals surface area contributed by atoms with E-state index in [9.17, 15) is 13.2 Å². The predicted molar refractivity (Wildman–Crippen MR) is 134 cm³/mol. The molecule has 1 aliphatic heterocycles. The number of pyridine rings is 1. The number of amides is 1. The van der Waals surface area contributed by atoms with Crippen LogP contribution in [0.1, 0.15) is 31.9 Å². The Balaban J connectivity index is 1.34. The lowest BCUT2D eigenvalue weighted by molar-refractivity contribution is -0.121. The van der Waals surface area contributed by atoms with Crippen LogP contribution in [0.25, 0.3) is 10.8 Å². The van der Waals surface area contributed by atoms with Gasteiger partial charge in [0.25, 0.3) is 0 Å². The average molecular weight is 482 g/mol. The average Bonchev–Trinajstić information content (AvgIpc) is 2.83. The summed E-state index contributed by atoms with van der Waals surface area (Å²) >= 11 is 0. The number of rotatable bonds is 7. The van der Waals surface area contributed by atoms with Crippen LogP contribution in [0.3, 0.4) is 0 Å². The standard InChI is InChI=1S/C26H31N3O4S/c1-18-14-23(8-11-27-18)29-12-9-22(10-13-29)28-26(30)15-19(2)34(31,32)25-7-5-20-16-24(33-3)6-4-21(20)17-25/h4-8,11,14,16-17,19,22H,9-10,12-13,15H2,1-3H3,(H,28,30). The van der Waals surface area contributed by atoms with Gasteiger partial charge < -0.3 is 15.0 Å². The molecule has 1 unspecified atom stereocenters. The second-order valence-corrected chi connectivity index (χ2v) is 11.3. The molecule has 3 aromatic rings. The van der Waals surface area contributed by atoms with Gasteiger partial charge in [0, 0.05) is 43.1 Å². The Hall–Kier alpha value is -3.13. The Morgan fingerprint density at radius 2 is 1.82 bits per heavy atom. The highest BCUT2D eigenvalue weighted by molar-refractivity contribution is 7.92. The van der Waals surface area contributed by atoms with Crippen LogP contribution in [0.2, 0.25) is 0 Å². The molecule has 0 radical (unpaired) electrons. The quantitative estimate of drug-likeness (QED) is 0.551. The van der Waals surface area contributed by atoms with Crippen LogP contribution >= 0.6 is 0 Å². The van der Waals surface area contributed by atoms with Gasteiger partial charge in [-0.3, -0.25) is 9.78 Å². The van der Waals surface area contributed by atoms with Crippen LogP contribution in [0.4, 0.5) is 5.69 Å². The largest absolute Gasteiger partial charge is 0.497 e. The third-order valence-electron chi connectivity index (χ3n) is 6.46. The Bertz CT molecular complexity index is 1280. The molecule has 4 rings (SSSR count). The zero-order chi connectivity index (χ0) is 24.3. The molecular formula is C26H31N3O4S. The lowest BCUT2D eigenvalue weighted by Crippen LogP contribution is -2.45. The fraction of sp³-hybridized carbons (Fsp3) is 0.385. The van der Waals surface area contributed by atoms with E-state index >= 15 is 0 Å². The number of anilines is 1. The molecule has 7 nitrogen and oxygen atoms in total. The first kappa shape index (κ1) is 24.0. The maximum atomic E-state index is 13.1. The number of aryl methyl sites for hydroxylation is 1. The smallest absolute Gasteiger partial charge is 0.221 e. The number of carbonyl (C=O) groups is 1. The molecule has 0 saturated carbocycles. The van der Waals surface area contributed by atoms with Gasteiger partial charge in [0.1, 0.15) is 5.75 Å². The number of nitrogens with one attached hydrogen (secondary N) is 1. The van der Waals surface area contributed by atoms with E-state index in [0.29, 0.717) is 0 Å². The first-order valence-corrected chi connectivity index (χ1v) is 13.1. The molecule has 180 valence electrons. The van der Waals surface area contributed by atoms with Crippen molar-refractivity contribution in [3.63, 3.8) is 0 Å². The molecule has 1 atom stereocenters.